The molecule has 0 radical (unpaired) electrons. The maximum Gasteiger partial charge on any atom is 0.350 e. The molecule has 1 heterocycles. The Balaban J connectivity index is 3.42. The van der Waals surface area contributed by atoms with E-state index in [2.05, 4.69) is 0 Å². The Labute approximate surface area is 117 Å². The van der Waals surface area contributed by atoms with Gasteiger partial charge in [-0.1, -0.05) is 0 Å². The van der Waals surface area contributed by atoms with Gasteiger partial charge in [-0.2, -0.15) is 0 Å². The molecule has 0 amide bonds. The van der Waals surface area contributed by atoms with E-state index in [1.54, 1.807) is 27.7 Å². The summed E-state index contributed by atoms with van der Waals surface area (Å²) in [5.74, 6) is -0.511. The van der Waals surface area contributed by atoms with Gasteiger partial charge in [0.15, 0.2) is 9.84 Å². The van der Waals surface area contributed by atoms with E-state index < -0.39 is 20.6 Å². The standard InChI is InChI=1S/C12H19NO4S2/c1-6-17-11(14)9-8(13)7(2)10(18-9)12(3,4)19(5,15)16/h6,13H2,1-5H3. The number of ether oxygens (including phenoxy) is 1. The van der Waals surface area contributed by atoms with Gasteiger partial charge in [0.25, 0.3) is 0 Å². The lowest BCUT2D eigenvalue weighted by molar-refractivity contribution is 0.0533. The van der Waals surface area contributed by atoms with Crippen LogP contribution in [0.2, 0.25) is 0 Å². The van der Waals surface area contributed by atoms with Crippen molar-refractivity contribution in [2.75, 3.05) is 18.6 Å². The second-order valence-corrected chi connectivity index (χ2v) is 8.39. The van der Waals surface area contributed by atoms with E-state index in [0.29, 0.717) is 16.1 Å². The Morgan fingerprint density at radius 2 is 1.95 bits per heavy atom. The molecular formula is C12H19NO4S2. The summed E-state index contributed by atoms with van der Waals surface area (Å²) in [4.78, 5) is 12.6. The summed E-state index contributed by atoms with van der Waals surface area (Å²) in [6.07, 6.45) is 1.17. The van der Waals surface area contributed by atoms with E-state index in [0.717, 1.165) is 11.3 Å². The first kappa shape index (κ1) is 16.0. The van der Waals surface area contributed by atoms with Crippen LogP contribution in [0, 0.1) is 6.92 Å². The van der Waals surface area contributed by atoms with Gasteiger partial charge in [0.05, 0.1) is 12.3 Å². The molecule has 1 aromatic heterocycles. The van der Waals surface area contributed by atoms with Crippen molar-refractivity contribution in [1.29, 1.82) is 0 Å². The van der Waals surface area contributed by atoms with Crippen molar-refractivity contribution >= 4 is 32.8 Å². The van der Waals surface area contributed by atoms with Crippen molar-refractivity contribution in [3.8, 4) is 0 Å². The minimum atomic E-state index is -3.32. The smallest absolute Gasteiger partial charge is 0.350 e. The molecule has 0 spiro atoms. The summed E-state index contributed by atoms with van der Waals surface area (Å²) in [5, 5.41) is 0. The number of nitrogens with two attached hydrogens (primary N) is 1. The Morgan fingerprint density at radius 3 is 2.37 bits per heavy atom. The van der Waals surface area contributed by atoms with Crippen molar-refractivity contribution < 1.29 is 17.9 Å². The lowest BCUT2D eigenvalue weighted by Crippen LogP contribution is -2.27. The van der Waals surface area contributed by atoms with Gasteiger partial charge in [0.2, 0.25) is 0 Å². The first-order valence-electron chi connectivity index (χ1n) is 5.80. The lowest BCUT2D eigenvalue weighted by Gasteiger charge is -2.22. The van der Waals surface area contributed by atoms with Crippen LogP contribution in [0.4, 0.5) is 5.69 Å². The summed E-state index contributed by atoms with van der Waals surface area (Å²) >= 11 is 1.09. The Hall–Kier alpha value is -1.08. The predicted molar refractivity (Wildman–Crippen MR) is 77.3 cm³/mol. The van der Waals surface area contributed by atoms with Crippen molar-refractivity contribution in [2.45, 2.75) is 32.4 Å². The fourth-order valence-corrected chi connectivity index (χ4v) is 3.80. The first-order chi connectivity index (χ1) is 8.54. The molecule has 0 bridgehead atoms. The molecule has 2 N–H and O–H groups in total. The molecule has 5 nitrogen and oxygen atoms in total. The van der Waals surface area contributed by atoms with E-state index in [4.69, 9.17) is 10.5 Å². The second-order valence-electron chi connectivity index (χ2n) is 4.80. The molecule has 0 aromatic carbocycles. The number of anilines is 1. The van der Waals surface area contributed by atoms with E-state index in [1.165, 1.54) is 6.26 Å². The second kappa shape index (κ2) is 5.13. The Morgan fingerprint density at radius 1 is 1.42 bits per heavy atom. The highest BCUT2D eigenvalue weighted by Gasteiger charge is 2.37. The van der Waals surface area contributed by atoms with Gasteiger partial charge in [0.1, 0.15) is 9.62 Å². The fraction of sp³-hybridized carbons (Fsp3) is 0.583. The van der Waals surface area contributed by atoms with Crippen LogP contribution in [-0.2, 0) is 19.3 Å². The maximum atomic E-state index is 11.9. The molecular weight excluding hydrogens is 286 g/mol. The molecule has 0 unspecified atom stereocenters. The number of thiophene rings is 1. The quantitative estimate of drug-likeness (QED) is 0.861. The summed E-state index contributed by atoms with van der Waals surface area (Å²) in [5.41, 5.74) is 6.82. The summed E-state index contributed by atoms with van der Waals surface area (Å²) in [7, 11) is -3.32. The molecule has 108 valence electrons. The largest absolute Gasteiger partial charge is 0.462 e. The van der Waals surface area contributed by atoms with Crippen LogP contribution < -0.4 is 5.73 Å². The molecule has 0 saturated carbocycles. The lowest BCUT2D eigenvalue weighted by atomic mass is 10.1. The molecule has 7 heteroatoms. The molecule has 19 heavy (non-hydrogen) atoms. The third-order valence-electron chi connectivity index (χ3n) is 3.13. The number of esters is 1. The summed E-state index contributed by atoms with van der Waals surface area (Å²) in [6.45, 7) is 6.89. The van der Waals surface area contributed by atoms with Gasteiger partial charge in [-0.15, -0.1) is 11.3 Å². The number of nitrogen functional groups attached to an aromatic ring is 1. The number of rotatable bonds is 4. The van der Waals surface area contributed by atoms with Crippen LogP contribution >= 0.6 is 11.3 Å². The average Bonchev–Trinajstić information content (AvgIpc) is 2.55. The molecule has 0 aliphatic rings. The maximum absolute atomic E-state index is 11.9. The van der Waals surface area contributed by atoms with E-state index >= 15 is 0 Å². The highest BCUT2D eigenvalue weighted by Crippen LogP contribution is 2.41. The predicted octanol–water partition coefficient (Wildman–Crippen LogP) is 2.10. The van der Waals surface area contributed by atoms with Crippen molar-refractivity contribution in [3.63, 3.8) is 0 Å². The van der Waals surface area contributed by atoms with Gasteiger partial charge in [-0.25, -0.2) is 13.2 Å². The number of carbonyl (C=O) groups is 1. The molecule has 0 atom stereocenters. The highest BCUT2D eigenvalue weighted by atomic mass is 32.2. The number of hydrogen-bond acceptors (Lipinski definition) is 6. The Bertz CT molecular complexity index is 599. The van der Waals surface area contributed by atoms with Crippen LogP contribution in [-0.4, -0.2) is 27.2 Å². The minimum Gasteiger partial charge on any atom is -0.462 e. The molecule has 0 aliphatic heterocycles. The van der Waals surface area contributed by atoms with Crippen LogP contribution in [0.1, 0.15) is 40.9 Å². The monoisotopic (exact) mass is 305 g/mol. The minimum absolute atomic E-state index is 0.250. The third kappa shape index (κ3) is 2.76. The normalized spacial score (nSPS) is 12.5. The molecule has 1 aromatic rings. The van der Waals surface area contributed by atoms with Crippen LogP contribution in [0.15, 0.2) is 0 Å². The molecule has 0 aliphatic carbocycles. The van der Waals surface area contributed by atoms with Gasteiger partial charge >= 0.3 is 5.97 Å². The van der Waals surface area contributed by atoms with Gasteiger partial charge < -0.3 is 10.5 Å². The Kier molecular flexibility index (Phi) is 4.31. The van der Waals surface area contributed by atoms with E-state index in [1.807, 2.05) is 0 Å². The number of hydrogen-bond donors (Lipinski definition) is 1. The van der Waals surface area contributed by atoms with Crippen LogP contribution in [0.25, 0.3) is 0 Å². The van der Waals surface area contributed by atoms with Crippen molar-refractivity contribution in [3.05, 3.63) is 15.3 Å². The number of carbonyl (C=O) groups excluding carboxylic acids is 1. The molecule has 0 saturated heterocycles. The van der Waals surface area contributed by atoms with Crippen LogP contribution in [0.5, 0.6) is 0 Å². The van der Waals surface area contributed by atoms with Crippen molar-refractivity contribution in [1.82, 2.24) is 0 Å². The highest BCUT2D eigenvalue weighted by molar-refractivity contribution is 7.91. The molecule has 0 fully saturated rings. The van der Waals surface area contributed by atoms with E-state index in [-0.39, 0.29) is 11.5 Å². The fourth-order valence-electron chi connectivity index (χ4n) is 1.62. The SMILES string of the molecule is CCOC(=O)c1sc(C(C)(C)S(C)(=O)=O)c(C)c1N. The van der Waals surface area contributed by atoms with Crippen LogP contribution in [0.3, 0.4) is 0 Å². The zero-order chi connectivity index (χ0) is 15.0. The topological polar surface area (TPSA) is 86.5 Å². The van der Waals surface area contributed by atoms with Gasteiger partial charge in [0, 0.05) is 11.1 Å². The zero-order valence-corrected chi connectivity index (χ0v) is 13.4. The summed E-state index contributed by atoms with van der Waals surface area (Å²) in [6, 6.07) is 0. The zero-order valence-electron chi connectivity index (χ0n) is 11.7. The number of sulfone groups is 1. The van der Waals surface area contributed by atoms with Crippen molar-refractivity contribution in [2.24, 2.45) is 0 Å². The summed E-state index contributed by atoms with van der Waals surface area (Å²) < 4.78 is 27.6. The third-order valence-corrected chi connectivity index (χ3v) is 6.93. The van der Waals surface area contributed by atoms with Gasteiger partial charge in [-0.3, -0.25) is 0 Å². The van der Waals surface area contributed by atoms with Gasteiger partial charge in [-0.05, 0) is 33.3 Å². The van der Waals surface area contributed by atoms with E-state index in [9.17, 15) is 13.2 Å². The first-order valence-corrected chi connectivity index (χ1v) is 8.50. The average molecular weight is 305 g/mol. The molecule has 1 rings (SSSR count).